The lowest BCUT2D eigenvalue weighted by atomic mass is 10.2. The van der Waals surface area contributed by atoms with Gasteiger partial charge < -0.3 is 14.4 Å². The Balaban J connectivity index is 1.86. The summed E-state index contributed by atoms with van der Waals surface area (Å²) in [5.74, 6) is 0.762. The largest absolute Gasteiger partial charge is 0.508 e. The van der Waals surface area contributed by atoms with Gasteiger partial charge in [-0.2, -0.15) is 0 Å². The van der Waals surface area contributed by atoms with Gasteiger partial charge in [0.1, 0.15) is 11.5 Å². The van der Waals surface area contributed by atoms with E-state index in [1.54, 1.807) is 55.7 Å². The van der Waals surface area contributed by atoms with E-state index in [0.717, 1.165) is 16.9 Å². The van der Waals surface area contributed by atoms with E-state index >= 15 is 0 Å². The summed E-state index contributed by atoms with van der Waals surface area (Å²) < 4.78 is 5.66. The Bertz CT molecular complexity index is 837. The van der Waals surface area contributed by atoms with Gasteiger partial charge in [-0.1, -0.05) is 0 Å². The number of aromatic hydroxyl groups is 1. The van der Waals surface area contributed by atoms with Crippen LogP contribution in [0.5, 0.6) is 5.75 Å². The molecular formula is C18H16N2O3. The first-order valence-electron chi connectivity index (χ1n) is 7.15. The molecule has 0 bridgehead atoms. The van der Waals surface area contributed by atoms with Gasteiger partial charge in [-0.15, -0.1) is 0 Å². The minimum atomic E-state index is -0.244. The number of phenols is 1. The van der Waals surface area contributed by atoms with Crippen LogP contribution in [-0.4, -0.2) is 23.0 Å². The van der Waals surface area contributed by atoms with Crippen molar-refractivity contribution in [2.24, 2.45) is 0 Å². The van der Waals surface area contributed by atoms with Gasteiger partial charge in [0.25, 0.3) is 5.91 Å². The molecule has 0 aliphatic carbocycles. The number of pyridine rings is 1. The normalized spacial score (nSPS) is 10.5. The third kappa shape index (κ3) is 2.94. The van der Waals surface area contributed by atoms with Crippen LogP contribution in [-0.2, 0) is 0 Å². The van der Waals surface area contributed by atoms with E-state index in [9.17, 15) is 9.90 Å². The zero-order chi connectivity index (χ0) is 16.4. The molecule has 116 valence electrons. The Morgan fingerprint density at radius 3 is 2.57 bits per heavy atom. The highest BCUT2D eigenvalue weighted by Gasteiger charge is 2.19. The van der Waals surface area contributed by atoms with Crippen molar-refractivity contribution in [1.82, 2.24) is 4.98 Å². The molecule has 0 radical (unpaired) electrons. The predicted octanol–water partition coefficient (Wildman–Crippen LogP) is 3.63. The van der Waals surface area contributed by atoms with Crippen LogP contribution < -0.4 is 4.90 Å². The number of benzene rings is 1. The lowest BCUT2D eigenvalue weighted by Crippen LogP contribution is -2.26. The van der Waals surface area contributed by atoms with E-state index in [1.807, 2.05) is 13.0 Å². The number of furan rings is 1. The summed E-state index contributed by atoms with van der Waals surface area (Å²) in [5, 5.41) is 9.32. The molecule has 0 aliphatic heterocycles. The summed E-state index contributed by atoms with van der Waals surface area (Å²) in [5.41, 5.74) is 2.30. The molecule has 1 N–H and O–H groups in total. The summed E-state index contributed by atoms with van der Waals surface area (Å²) in [6.45, 7) is 1.85. The van der Waals surface area contributed by atoms with Crippen LogP contribution in [0.1, 0.15) is 16.2 Å². The maximum atomic E-state index is 12.6. The zero-order valence-corrected chi connectivity index (χ0v) is 12.9. The fourth-order valence-electron chi connectivity index (χ4n) is 2.34. The number of hydrogen-bond donors (Lipinski definition) is 1. The summed E-state index contributed by atoms with van der Waals surface area (Å²) >= 11 is 0. The Morgan fingerprint density at radius 1 is 1.13 bits per heavy atom. The smallest absolute Gasteiger partial charge is 0.293 e. The minimum Gasteiger partial charge on any atom is -0.508 e. The average Bonchev–Trinajstić information content (AvgIpc) is 3.04. The van der Waals surface area contributed by atoms with Crippen LogP contribution in [0, 0.1) is 6.92 Å². The summed E-state index contributed by atoms with van der Waals surface area (Å²) in [6.07, 6.45) is 1.69. The van der Waals surface area contributed by atoms with Crippen LogP contribution in [0.2, 0.25) is 0 Å². The van der Waals surface area contributed by atoms with Crippen molar-refractivity contribution >= 4 is 11.6 Å². The number of amides is 1. The molecule has 23 heavy (non-hydrogen) atoms. The number of rotatable bonds is 3. The molecule has 2 aromatic heterocycles. The second kappa shape index (κ2) is 5.96. The van der Waals surface area contributed by atoms with Crippen LogP contribution >= 0.6 is 0 Å². The summed E-state index contributed by atoms with van der Waals surface area (Å²) in [6, 6.07) is 13.6. The molecular weight excluding hydrogens is 292 g/mol. The number of nitrogens with zero attached hydrogens (tertiary/aromatic N) is 2. The Kier molecular flexibility index (Phi) is 3.85. The second-order valence-electron chi connectivity index (χ2n) is 5.18. The molecule has 5 nitrogen and oxygen atoms in total. The van der Waals surface area contributed by atoms with Crippen molar-refractivity contribution in [2.45, 2.75) is 6.92 Å². The number of phenolic OH excluding ortho intramolecular Hbond substituents is 1. The van der Waals surface area contributed by atoms with E-state index in [2.05, 4.69) is 4.98 Å². The first-order valence-corrected chi connectivity index (χ1v) is 7.15. The molecule has 0 spiro atoms. The van der Waals surface area contributed by atoms with Gasteiger partial charge in [-0.25, -0.2) is 0 Å². The Morgan fingerprint density at radius 2 is 1.87 bits per heavy atom. The highest BCUT2D eigenvalue weighted by Crippen LogP contribution is 2.26. The first-order chi connectivity index (χ1) is 11.1. The number of carbonyl (C=O) groups excluding carboxylic acids is 1. The van der Waals surface area contributed by atoms with Gasteiger partial charge in [-0.05, 0) is 55.5 Å². The molecule has 3 aromatic rings. The van der Waals surface area contributed by atoms with Gasteiger partial charge in [0.15, 0.2) is 5.76 Å². The molecule has 5 heteroatoms. The molecule has 1 aromatic carbocycles. The molecule has 0 saturated carbocycles. The first kappa shape index (κ1) is 14.8. The fourth-order valence-corrected chi connectivity index (χ4v) is 2.34. The molecule has 0 atom stereocenters. The highest BCUT2D eigenvalue weighted by atomic mass is 16.4. The molecule has 2 heterocycles. The van der Waals surface area contributed by atoms with Crippen molar-refractivity contribution in [3.05, 3.63) is 66.2 Å². The van der Waals surface area contributed by atoms with Crippen molar-refractivity contribution in [3.8, 4) is 17.1 Å². The molecule has 0 aliphatic rings. The number of carbonyl (C=O) groups is 1. The predicted molar refractivity (Wildman–Crippen MR) is 87.5 cm³/mol. The molecule has 3 rings (SSSR count). The zero-order valence-electron chi connectivity index (χ0n) is 12.9. The van der Waals surface area contributed by atoms with E-state index < -0.39 is 0 Å². The lowest BCUT2D eigenvalue weighted by molar-refractivity contribution is 0.0967. The fraction of sp³-hybridized carbons (Fsp3) is 0.111. The maximum Gasteiger partial charge on any atom is 0.293 e. The van der Waals surface area contributed by atoms with Crippen LogP contribution in [0.15, 0.2) is 59.1 Å². The number of hydrogen-bond acceptors (Lipinski definition) is 4. The quantitative estimate of drug-likeness (QED) is 0.802. The monoisotopic (exact) mass is 308 g/mol. The van der Waals surface area contributed by atoms with Crippen LogP contribution in [0.4, 0.5) is 5.69 Å². The number of aryl methyl sites for hydroxylation is 1. The van der Waals surface area contributed by atoms with Crippen molar-refractivity contribution in [2.75, 3.05) is 11.9 Å². The van der Waals surface area contributed by atoms with Crippen molar-refractivity contribution in [1.29, 1.82) is 0 Å². The van der Waals surface area contributed by atoms with Crippen LogP contribution in [0.25, 0.3) is 11.3 Å². The van der Waals surface area contributed by atoms with Gasteiger partial charge in [0.2, 0.25) is 0 Å². The maximum absolute atomic E-state index is 12.6. The minimum absolute atomic E-state index is 0.184. The topological polar surface area (TPSA) is 66.6 Å². The lowest BCUT2D eigenvalue weighted by Gasteiger charge is -2.17. The highest BCUT2D eigenvalue weighted by molar-refractivity contribution is 6.04. The van der Waals surface area contributed by atoms with Gasteiger partial charge in [0, 0.05) is 18.8 Å². The molecule has 0 unspecified atom stereocenters. The third-order valence-electron chi connectivity index (χ3n) is 3.61. The van der Waals surface area contributed by atoms with Crippen molar-refractivity contribution in [3.63, 3.8) is 0 Å². The Labute approximate surface area is 133 Å². The SMILES string of the molecule is Cc1ncccc1N(C)C(=O)c1ccc(-c2ccc(O)cc2)o1. The van der Waals surface area contributed by atoms with Crippen LogP contribution in [0.3, 0.4) is 0 Å². The van der Waals surface area contributed by atoms with Gasteiger partial charge >= 0.3 is 0 Å². The number of aromatic nitrogens is 1. The van der Waals surface area contributed by atoms with Gasteiger partial charge in [0.05, 0.1) is 11.4 Å². The summed E-state index contributed by atoms with van der Waals surface area (Å²) in [7, 11) is 1.69. The molecule has 0 saturated heterocycles. The Hall–Kier alpha value is -3.08. The standard InChI is InChI=1S/C18H16N2O3/c1-12-15(4-3-11-19-12)20(2)18(22)17-10-9-16(23-17)13-5-7-14(21)8-6-13/h3-11,21H,1-2H3. The van der Waals surface area contributed by atoms with Crippen molar-refractivity contribution < 1.29 is 14.3 Å². The average molecular weight is 308 g/mol. The number of anilines is 1. The van der Waals surface area contributed by atoms with E-state index in [0.29, 0.717) is 5.76 Å². The van der Waals surface area contributed by atoms with E-state index in [-0.39, 0.29) is 17.4 Å². The van der Waals surface area contributed by atoms with E-state index in [4.69, 9.17) is 4.42 Å². The van der Waals surface area contributed by atoms with E-state index in [1.165, 1.54) is 4.90 Å². The second-order valence-corrected chi connectivity index (χ2v) is 5.18. The summed E-state index contributed by atoms with van der Waals surface area (Å²) in [4.78, 5) is 18.3. The molecule has 0 fully saturated rings. The molecule has 1 amide bonds. The van der Waals surface area contributed by atoms with Gasteiger partial charge in [-0.3, -0.25) is 9.78 Å². The third-order valence-corrected chi connectivity index (χ3v) is 3.61.